The first-order valence-electron chi connectivity index (χ1n) is 10.4. The van der Waals surface area contributed by atoms with Crippen molar-refractivity contribution in [2.75, 3.05) is 29.1 Å². The van der Waals surface area contributed by atoms with Gasteiger partial charge >= 0.3 is 0 Å². The third kappa shape index (κ3) is 4.72. The van der Waals surface area contributed by atoms with Crippen LogP contribution in [0.2, 0.25) is 0 Å². The standard InChI is InChI=1S/C23H24N8O/c1-3-24-21-27-22(25-4-2)29-23(28-21)30-31-19(17-13-9-6-10-14-17)26-18(20(31)32)15-16-11-7-5-8-12-16/h5-15H,3-4H2,1-2H3,(H3,24,25,27,28,29,30)/b18-15-. The molecule has 162 valence electrons. The molecule has 0 unspecified atom stereocenters. The summed E-state index contributed by atoms with van der Waals surface area (Å²) in [5.41, 5.74) is 5.01. The van der Waals surface area contributed by atoms with Crippen molar-refractivity contribution in [1.29, 1.82) is 0 Å². The number of hydrogen-bond donors (Lipinski definition) is 3. The summed E-state index contributed by atoms with van der Waals surface area (Å²) >= 11 is 0. The van der Waals surface area contributed by atoms with Gasteiger partial charge in [-0.1, -0.05) is 60.7 Å². The molecular formula is C23H24N8O. The van der Waals surface area contributed by atoms with Crippen molar-refractivity contribution >= 4 is 35.7 Å². The Morgan fingerprint density at radius 2 is 1.38 bits per heavy atom. The van der Waals surface area contributed by atoms with Crippen LogP contribution in [0.25, 0.3) is 6.08 Å². The zero-order valence-corrected chi connectivity index (χ0v) is 17.9. The molecule has 1 amide bonds. The number of amides is 1. The minimum absolute atomic E-state index is 0.227. The number of hydrogen-bond acceptors (Lipinski definition) is 8. The number of nitrogens with zero attached hydrogens (tertiary/aromatic N) is 5. The van der Waals surface area contributed by atoms with E-state index in [2.05, 4.69) is 36.0 Å². The number of hydrazine groups is 1. The van der Waals surface area contributed by atoms with E-state index in [-0.39, 0.29) is 11.9 Å². The Morgan fingerprint density at radius 1 is 0.812 bits per heavy atom. The fourth-order valence-corrected chi connectivity index (χ4v) is 3.11. The van der Waals surface area contributed by atoms with Crippen molar-refractivity contribution in [3.63, 3.8) is 0 Å². The molecule has 9 nitrogen and oxygen atoms in total. The van der Waals surface area contributed by atoms with E-state index in [9.17, 15) is 4.79 Å². The average molecular weight is 429 g/mol. The Hall–Kier alpha value is -4.27. The van der Waals surface area contributed by atoms with Gasteiger partial charge in [0, 0.05) is 18.7 Å². The van der Waals surface area contributed by atoms with Crippen LogP contribution in [-0.4, -0.2) is 44.8 Å². The number of rotatable bonds is 8. The maximum atomic E-state index is 13.3. The lowest BCUT2D eigenvalue weighted by atomic mass is 10.2. The van der Waals surface area contributed by atoms with Gasteiger partial charge in [0.15, 0.2) is 5.84 Å². The highest BCUT2D eigenvalue weighted by Crippen LogP contribution is 2.23. The molecule has 2 aromatic carbocycles. The predicted molar refractivity (Wildman–Crippen MR) is 126 cm³/mol. The second-order valence-corrected chi connectivity index (χ2v) is 6.86. The molecule has 0 saturated carbocycles. The van der Waals surface area contributed by atoms with Gasteiger partial charge in [0.05, 0.1) is 0 Å². The summed E-state index contributed by atoms with van der Waals surface area (Å²) in [6, 6.07) is 19.1. The monoisotopic (exact) mass is 428 g/mol. The summed E-state index contributed by atoms with van der Waals surface area (Å²) in [5, 5.41) is 7.53. The molecule has 0 saturated heterocycles. The lowest BCUT2D eigenvalue weighted by Crippen LogP contribution is -2.38. The third-order valence-corrected chi connectivity index (χ3v) is 4.51. The SMILES string of the molecule is CCNc1nc(NCC)nc(NN2C(=O)/C(=C/c3ccccc3)N=C2c2ccccc2)n1. The molecule has 32 heavy (non-hydrogen) atoms. The summed E-state index contributed by atoms with van der Waals surface area (Å²) in [6.45, 7) is 5.21. The lowest BCUT2D eigenvalue weighted by molar-refractivity contribution is -0.121. The first-order valence-corrected chi connectivity index (χ1v) is 10.4. The number of aliphatic imine (C=N–C) groups is 1. The molecule has 0 fully saturated rings. The Balaban J connectivity index is 1.71. The summed E-state index contributed by atoms with van der Waals surface area (Å²) in [5.74, 6) is 1.21. The van der Waals surface area contributed by atoms with Crippen LogP contribution < -0.4 is 16.1 Å². The number of nitrogens with one attached hydrogen (secondary N) is 3. The quantitative estimate of drug-likeness (QED) is 0.472. The molecule has 0 radical (unpaired) electrons. The van der Waals surface area contributed by atoms with E-state index in [0.29, 0.717) is 36.5 Å². The van der Waals surface area contributed by atoms with Gasteiger partial charge in [-0.15, -0.1) is 0 Å². The number of carbonyl (C=O) groups excluding carboxylic acids is 1. The first-order chi connectivity index (χ1) is 15.7. The molecular weight excluding hydrogens is 404 g/mol. The number of carbonyl (C=O) groups is 1. The normalized spacial score (nSPS) is 14.4. The topological polar surface area (TPSA) is 107 Å². The molecule has 0 spiro atoms. The fourth-order valence-electron chi connectivity index (χ4n) is 3.11. The summed E-state index contributed by atoms with van der Waals surface area (Å²) in [4.78, 5) is 31.0. The van der Waals surface area contributed by atoms with Crippen molar-refractivity contribution in [3.8, 4) is 0 Å². The van der Waals surface area contributed by atoms with Crippen molar-refractivity contribution in [1.82, 2.24) is 20.0 Å². The summed E-state index contributed by atoms with van der Waals surface area (Å²) in [7, 11) is 0. The number of anilines is 3. The minimum Gasteiger partial charge on any atom is -0.354 e. The van der Waals surface area contributed by atoms with Gasteiger partial charge < -0.3 is 10.6 Å². The van der Waals surface area contributed by atoms with Crippen LogP contribution in [0.4, 0.5) is 17.8 Å². The van der Waals surface area contributed by atoms with Gasteiger partial charge in [0.1, 0.15) is 5.70 Å². The number of benzene rings is 2. The van der Waals surface area contributed by atoms with E-state index >= 15 is 0 Å². The molecule has 3 N–H and O–H groups in total. The van der Waals surface area contributed by atoms with Gasteiger partial charge in [-0.05, 0) is 25.5 Å². The maximum absolute atomic E-state index is 13.3. The van der Waals surface area contributed by atoms with E-state index in [4.69, 9.17) is 0 Å². The van der Waals surface area contributed by atoms with Crippen LogP contribution in [0.5, 0.6) is 0 Å². The minimum atomic E-state index is -0.303. The highest BCUT2D eigenvalue weighted by Gasteiger charge is 2.32. The number of amidine groups is 1. The van der Waals surface area contributed by atoms with Crippen LogP contribution in [0.15, 0.2) is 71.4 Å². The van der Waals surface area contributed by atoms with Crippen LogP contribution in [0.1, 0.15) is 25.0 Å². The Morgan fingerprint density at radius 3 is 1.97 bits per heavy atom. The summed E-state index contributed by atoms with van der Waals surface area (Å²) < 4.78 is 0. The molecule has 9 heteroatoms. The highest BCUT2D eigenvalue weighted by molar-refractivity contribution is 6.20. The first kappa shape index (κ1) is 21.0. The zero-order valence-electron chi connectivity index (χ0n) is 17.9. The molecule has 1 aromatic heterocycles. The Bertz CT molecular complexity index is 1120. The third-order valence-electron chi connectivity index (χ3n) is 4.51. The average Bonchev–Trinajstić information content (AvgIpc) is 3.10. The van der Waals surface area contributed by atoms with E-state index in [1.807, 2.05) is 74.5 Å². The van der Waals surface area contributed by atoms with Crippen LogP contribution >= 0.6 is 0 Å². The molecule has 0 atom stereocenters. The van der Waals surface area contributed by atoms with Gasteiger partial charge in [0.25, 0.3) is 5.91 Å². The zero-order chi connectivity index (χ0) is 22.3. The molecule has 2 heterocycles. The van der Waals surface area contributed by atoms with Gasteiger partial charge in [0.2, 0.25) is 17.8 Å². The van der Waals surface area contributed by atoms with E-state index in [1.54, 1.807) is 6.08 Å². The molecule has 3 aromatic rings. The largest absolute Gasteiger partial charge is 0.354 e. The van der Waals surface area contributed by atoms with Crippen molar-refractivity contribution in [3.05, 3.63) is 77.5 Å². The molecule has 0 aliphatic carbocycles. The Labute approximate surface area is 186 Å². The molecule has 1 aliphatic heterocycles. The highest BCUT2D eigenvalue weighted by atomic mass is 16.2. The summed E-state index contributed by atoms with van der Waals surface area (Å²) in [6.07, 6.45) is 1.76. The number of aromatic nitrogens is 3. The van der Waals surface area contributed by atoms with E-state index < -0.39 is 0 Å². The fraction of sp³-hybridized carbons (Fsp3) is 0.174. The van der Waals surface area contributed by atoms with Crippen molar-refractivity contribution < 1.29 is 4.79 Å². The van der Waals surface area contributed by atoms with Crippen molar-refractivity contribution in [2.24, 2.45) is 4.99 Å². The molecule has 0 bridgehead atoms. The second-order valence-electron chi connectivity index (χ2n) is 6.86. The van der Waals surface area contributed by atoms with E-state index in [0.717, 1.165) is 11.1 Å². The van der Waals surface area contributed by atoms with Crippen molar-refractivity contribution in [2.45, 2.75) is 13.8 Å². The van der Waals surface area contributed by atoms with Crippen LogP contribution in [-0.2, 0) is 4.79 Å². The van der Waals surface area contributed by atoms with Gasteiger partial charge in [-0.2, -0.15) is 20.0 Å². The Kier molecular flexibility index (Phi) is 6.35. The second kappa shape index (κ2) is 9.69. The van der Waals surface area contributed by atoms with Gasteiger partial charge in [-0.3, -0.25) is 10.2 Å². The predicted octanol–water partition coefficient (Wildman–Crippen LogP) is 3.39. The van der Waals surface area contributed by atoms with Crippen LogP contribution in [0.3, 0.4) is 0 Å². The van der Waals surface area contributed by atoms with Crippen LogP contribution in [0, 0.1) is 0 Å². The lowest BCUT2D eigenvalue weighted by Gasteiger charge is -2.19. The van der Waals surface area contributed by atoms with Gasteiger partial charge in [-0.25, -0.2) is 4.99 Å². The van der Waals surface area contributed by atoms with E-state index in [1.165, 1.54) is 5.01 Å². The molecule has 4 rings (SSSR count). The maximum Gasteiger partial charge on any atom is 0.297 e. The molecule has 1 aliphatic rings. The smallest absolute Gasteiger partial charge is 0.297 e.